The van der Waals surface area contributed by atoms with Gasteiger partial charge in [0.1, 0.15) is 23.0 Å². The zero-order valence-electron chi connectivity index (χ0n) is 18.5. The topological polar surface area (TPSA) is 55.8 Å². The van der Waals surface area contributed by atoms with E-state index in [-0.39, 0.29) is 23.7 Å². The fraction of sp³-hybridized carbons (Fsp3) is 0.138. The van der Waals surface area contributed by atoms with E-state index in [1.54, 1.807) is 0 Å². The summed E-state index contributed by atoms with van der Waals surface area (Å²) in [6.45, 7) is 0.0808. The molecule has 0 amide bonds. The summed E-state index contributed by atoms with van der Waals surface area (Å²) in [5, 5.41) is 13.0. The highest BCUT2D eigenvalue weighted by molar-refractivity contribution is 8.03. The predicted molar refractivity (Wildman–Crippen MR) is 136 cm³/mol. The van der Waals surface area contributed by atoms with Crippen LogP contribution in [0.4, 0.5) is 0 Å². The molecule has 4 aromatic carbocycles. The molecule has 34 heavy (non-hydrogen) atoms. The fourth-order valence-corrected chi connectivity index (χ4v) is 5.08. The van der Waals surface area contributed by atoms with Crippen LogP contribution in [0.3, 0.4) is 0 Å². The molecule has 0 saturated heterocycles. The number of ether oxygens (including phenoxy) is 2. The molecule has 0 spiro atoms. The van der Waals surface area contributed by atoms with Crippen LogP contribution in [0, 0.1) is 0 Å². The van der Waals surface area contributed by atoms with E-state index in [2.05, 4.69) is 0 Å². The first-order chi connectivity index (χ1) is 16.6. The third-order valence-electron chi connectivity index (χ3n) is 5.92. The number of benzene rings is 4. The second-order valence-corrected chi connectivity index (χ2v) is 9.23. The molecule has 170 valence electrons. The van der Waals surface area contributed by atoms with Gasteiger partial charge in [0.25, 0.3) is 0 Å². The van der Waals surface area contributed by atoms with E-state index in [9.17, 15) is 9.90 Å². The monoisotopic (exact) mass is 468 g/mol. The third-order valence-corrected chi connectivity index (χ3v) is 7.09. The molecule has 0 fully saturated rings. The van der Waals surface area contributed by atoms with Crippen LogP contribution in [-0.2, 0) is 20.9 Å². The average Bonchev–Trinajstić information content (AvgIpc) is 2.88. The molecule has 1 atom stereocenters. The first-order valence-electron chi connectivity index (χ1n) is 11.1. The number of hydrogen-bond acceptors (Lipinski definition) is 5. The van der Waals surface area contributed by atoms with Gasteiger partial charge in [0.05, 0.1) is 6.42 Å². The van der Waals surface area contributed by atoms with Gasteiger partial charge in [0, 0.05) is 11.1 Å². The van der Waals surface area contributed by atoms with E-state index in [1.807, 2.05) is 103 Å². The van der Waals surface area contributed by atoms with Gasteiger partial charge >= 0.3 is 5.97 Å². The van der Waals surface area contributed by atoms with Crippen molar-refractivity contribution in [2.75, 3.05) is 6.61 Å². The summed E-state index contributed by atoms with van der Waals surface area (Å²) in [5.74, 6) is 0.773. The molecule has 1 aliphatic rings. The van der Waals surface area contributed by atoms with Crippen molar-refractivity contribution < 1.29 is 19.4 Å². The van der Waals surface area contributed by atoms with E-state index in [1.165, 1.54) is 11.8 Å². The number of carbonyl (C=O) groups excluding carboxylic acids is 1. The first kappa shape index (κ1) is 22.1. The minimum Gasteiger partial charge on any atom is -0.511 e. The van der Waals surface area contributed by atoms with Crippen LogP contribution >= 0.6 is 11.8 Å². The standard InChI is InChI=1S/C29H24O4S/c30-25-18-29(23-14-5-2-6-15-23,20-32-26-17-9-13-22-12-7-8-16-24(22)26)33-28(31)27(25)34-19-21-10-3-1-4-11-21/h1-17,30H,18-20H2. The van der Waals surface area contributed by atoms with Gasteiger partial charge < -0.3 is 14.6 Å². The molecule has 4 nitrogen and oxygen atoms in total. The molecule has 4 aromatic rings. The highest BCUT2D eigenvalue weighted by Crippen LogP contribution is 2.42. The smallest absolute Gasteiger partial charge is 0.349 e. The van der Waals surface area contributed by atoms with Crippen LogP contribution in [0.1, 0.15) is 17.5 Å². The van der Waals surface area contributed by atoms with E-state index in [4.69, 9.17) is 9.47 Å². The minimum atomic E-state index is -1.13. The summed E-state index contributed by atoms with van der Waals surface area (Å²) in [6, 6.07) is 33.2. The van der Waals surface area contributed by atoms with Crippen LogP contribution in [0.5, 0.6) is 5.75 Å². The van der Waals surface area contributed by atoms with Crippen molar-refractivity contribution in [3.8, 4) is 5.75 Å². The SMILES string of the molecule is O=C1OC(COc2cccc3ccccc23)(c2ccccc2)CC(O)=C1SCc1ccccc1. The molecule has 1 N–H and O–H groups in total. The number of thioether (sulfide) groups is 1. The zero-order valence-corrected chi connectivity index (χ0v) is 19.3. The maximum atomic E-state index is 13.1. The Kier molecular flexibility index (Phi) is 6.28. The number of carbonyl (C=O) groups is 1. The molecule has 1 unspecified atom stereocenters. The van der Waals surface area contributed by atoms with Crippen molar-refractivity contribution in [2.45, 2.75) is 17.8 Å². The van der Waals surface area contributed by atoms with Gasteiger partial charge in [0.2, 0.25) is 0 Å². The molecule has 0 saturated carbocycles. The number of aliphatic hydroxyl groups excluding tert-OH is 1. The zero-order chi connectivity index (χ0) is 23.4. The lowest BCUT2D eigenvalue weighted by Gasteiger charge is -2.37. The van der Waals surface area contributed by atoms with Gasteiger partial charge in [-0.25, -0.2) is 4.79 Å². The van der Waals surface area contributed by atoms with Crippen LogP contribution in [0.15, 0.2) is 114 Å². The van der Waals surface area contributed by atoms with Gasteiger partial charge in [-0.3, -0.25) is 0 Å². The number of rotatable bonds is 7. The maximum absolute atomic E-state index is 13.1. The summed E-state index contributed by atoms with van der Waals surface area (Å²) < 4.78 is 12.3. The third kappa shape index (κ3) is 4.52. The Morgan fingerprint density at radius 3 is 2.29 bits per heavy atom. The van der Waals surface area contributed by atoms with Crippen molar-refractivity contribution in [1.82, 2.24) is 0 Å². The first-order valence-corrected chi connectivity index (χ1v) is 12.1. The number of esters is 1. The van der Waals surface area contributed by atoms with Crippen LogP contribution in [0.25, 0.3) is 10.8 Å². The quantitative estimate of drug-likeness (QED) is 0.304. The molecule has 1 aliphatic heterocycles. The Hall–Kier alpha value is -3.70. The Labute approximate surface area is 202 Å². The molecular weight excluding hydrogens is 444 g/mol. The van der Waals surface area contributed by atoms with Crippen LogP contribution < -0.4 is 4.74 Å². The normalized spacial score (nSPS) is 18.1. The summed E-state index contributed by atoms with van der Waals surface area (Å²) in [4.78, 5) is 13.4. The summed E-state index contributed by atoms with van der Waals surface area (Å²) in [7, 11) is 0. The highest BCUT2D eigenvalue weighted by Gasteiger charge is 2.44. The van der Waals surface area contributed by atoms with Crippen molar-refractivity contribution in [1.29, 1.82) is 0 Å². The molecule has 0 aliphatic carbocycles. The van der Waals surface area contributed by atoms with Crippen LogP contribution in [-0.4, -0.2) is 17.7 Å². The van der Waals surface area contributed by atoms with Gasteiger partial charge in [-0.2, -0.15) is 0 Å². The van der Waals surface area contributed by atoms with Gasteiger partial charge in [0.15, 0.2) is 5.60 Å². The van der Waals surface area contributed by atoms with E-state index >= 15 is 0 Å². The Morgan fingerprint density at radius 1 is 0.853 bits per heavy atom. The Bertz CT molecular complexity index is 1330. The minimum absolute atomic E-state index is 0.0301. The molecule has 5 rings (SSSR count). The maximum Gasteiger partial charge on any atom is 0.349 e. The van der Waals surface area contributed by atoms with Crippen molar-refractivity contribution in [2.24, 2.45) is 0 Å². The van der Waals surface area contributed by atoms with E-state index in [0.717, 1.165) is 21.9 Å². The van der Waals surface area contributed by atoms with Gasteiger partial charge in [-0.05, 0) is 22.6 Å². The molecule has 1 heterocycles. The molecule has 0 radical (unpaired) electrons. The van der Waals surface area contributed by atoms with E-state index < -0.39 is 11.6 Å². The van der Waals surface area contributed by atoms with Crippen molar-refractivity contribution in [3.63, 3.8) is 0 Å². The molecule has 5 heteroatoms. The predicted octanol–water partition coefficient (Wildman–Crippen LogP) is 6.76. The average molecular weight is 469 g/mol. The summed E-state index contributed by atoms with van der Waals surface area (Å²) >= 11 is 1.29. The van der Waals surface area contributed by atoms with Crippen molar-refractivity contribution >= 4 is 28.5 Å². The van der Waals surface area contributed by atoms with Crippen LogP contribution in [0.2, 0.25) is 0 Å². The lowest BCUT2D eigenvalue weighted by atomic mass is 9.88. The lowest BCUT2D eigenvalue weighted by Crippen LogP contribution is -2.42. The number of aliphatic hydroxyl groups is 1. The molecule has 0 aromatic heterocycles. The van der Waals surface area contributed by atoms with E-state index in [0.29, 0.717) is 11.5 Å². The summed E-state index contributed by atoms with van der Waals surface area (Å²) in [6.07, 6.45) is 0.143. The largest absolute Gasteiger partial charge is 0.511 e. The Morgan fingerprint density at radius 2 is 1.53 bits per heavy atom. The number of fused-ring (bicyclic) bond motifs is 1. The Balaban J connectivity index is 1.43. The second kappa shape index (κ2) is 9.65. The molecular formula is C29H24O4S. The second-order valence-electron chi connectivity index (χ2n) is 8.24. The highest BCUT2D eigenvalue weighted by atomic mass is 32.2. The van der Waals surface area contributed by atoms with Crippen molar-refractivity contribution in [3.05, 3.63) is 125 Å². The summed E-state index contributed by atoms with van der Waals surface area (Å²) in [5.41, 5.74) is 0.720. The lowest BCUT2D eigenvalue weighted by molar-refractivity contribution is -0.163. The molecule has 0 bridgehead atoms. The number of cyclic esters (lactones) is 1. The van der Waals surface area contributed by atoms with Gasteiger partial charge in [-0.1, -0.05) is 97.1 Å². The fourth-order valence-electron chi connectivity index (χ4n) is 4.18. The number of hydrogen-bond donors (Lipinski definition) is 1. The van der Waals surface area contributed by atoms with Gasteiger partial charge in [-0.15, -0.1) is 11.8 Å².